The van der Waals surface area contributed by atoms with Crippen molar-refractivity contribution in [3.8, 4) is 0 Å². The summed E-state index contributed by atoms with van der Waals surface area (Å²) < 4.78 is 5.74. The molecule has 0 fully saturated rings. The van der Waals surface area contributed by atoms with Crippen LogP contribution in [0.5, 0.6) is 0 Å². The maximum absolute atomic E-state index is 9.23. The highest BCUT2D eigenvalue weighted by molar-refractivity contribution is 5.12. The SMILES string of the molecule is CCC(N)C(c1ccc(C)o1)N(CCO)C(C)C. The second kappa shape index (κ2) is 6.92. The number of hydrogen-bond acceptors (Lipinski definition) is 4. The third-order valence-electron chi connectivity index (χ3n) is 3.31. The van der Waals surface area contributed by atoms with Crippen LogP contribution in [0.3, 0.4) is 0 Å². The van der Waals surface area contributed by atoms with E-state index in [-0.39, 0.29) is 18.7 Å². The van der Waals surface area contributed by atoms with Gasteiger partial charge < -0.3 is 15.3 Å². The van der Waals surface area contributed by atoms with E-state index in [1.54, 1.807) is 0 Å². The zero-order valence-electron chi connectivity index (χ0n) is 11.9. The number of aliphatic hydroxyl groups excluding tert-OH is 1. The molecular weight excluding hydrogens is 228 g/mol. The molecule has 0 aromatic carbocycles. The van der Waals surface area contributed by atoms with Crippen molar-refractivity contribution in [2.45, 2.75) is 52.2 Å². The van der Waals surface area contributed by atoms with E-state index in [4.69, 9.17) is 10.2 Å². The molecule has 0 aliphatic heterocycles. The third kappa shape index (κ3) is 3.57. The lowest BCUT2D eigenvalue weighted by molar-refractivity contribution is 0.0876. The van der Waals surface area contributed by atoms with Crippen LogP contribution in [-0.4, -0.2) is 35.2 Å². The Balaban J connectivity index is 3.02. The summed E-state index contributed by atoms with van der Waals surface area (Å²) in [6.07, 6.45) is 0.874. The Morgan fingerprint density at radius 3 is 2.44 bits per heavy atom. The van der Waals surface area contributed by atoms with Crippen LogP contribution in [0.25, 0.3) is 0 Å². The molecule has 18 heavy (non-hydrogen) atoms. The zero-order valence-corrected chi connectivity index (χ0v) is 11.9. The molecule has 4 nitrogen and oxygen atoms in total. The van der Waals surface area contributed by atoms with Crippen LogP contribution >= 0.6 is 0 Å². The predicted octanol–water partition coefficient (Wildman–Crippen LogP) is 2.07. The van der Waals surface area contributed by atoms with Crippen LogP contribution in [0.4, 0.5) is 0 Å². The van der Waals surface area contributed by atoms with Gasteiger partial charge in [-0.15, -0.1) is 0 Å². The van der Waals surface area contributed by atoms with Crippen LogP contribution in [0, 0.1) is 6.92 Å². The van der Waals surface area contributed by atoms with E-state index in [0.717, 1.165) is 17.9 Å². The van der Waals surface area contributed by atoms with Crippen molar-refractivity contribution in [2.24, 2.45) is 5.73 Å². The second-order valence-corrected chi connectivity index (χ2v) is 5.02. The van der Waals surface area contributed by atoms with E-state index in [1.807, 2.05) is 19.1 Å². The minimum atomic E-state index is 0.00417. The largest absolute Gasteiger partial charge is 0.465 e. The maximum atomic E-state index is 9.23. The molecule has 0 saturated heterocycles. The van der Waals surface area contributed by atoms with Gasteiger partial charge in [0.1, 0.15) is 11.5 Å². The van der Waals surface area contributed by atoms with Crippen molar-refractivity contribution >= 4 is 0 Å². The zero-order chi connectivity index (χ0) is 13.7. The molecule has 0 saturated carbocycles. The van der Waals surface area contributed by atoms with E-state index >= 15 is 0 Å². The Morgan fingerprint density at radius 1 is 1.39 bits per heavy atom. The van der Waals surface area contributed by atoms with E-state index in [1.165, 1.54) is 0 Å². The van der Waals surface area contributed by atoms with Gasteiger partial charge >= 0.3 is 0 Å². The highest BCUT2D eigenvalue weighted by Crippen LogP contribution is 2.28. The summed E-state index contributed by atoms with van der Waals surface area (Å²) in [5.74, 6) is 1.79. The second-order valence-electron chi connectivity index (χ2n) is 5.02. The number of rotatable bonds is 7. The van der Waals surface area contributed by atoms with Gasteiger partial charge in [-0.3, -0.25) is 4.90 Å². The number of hydrogen-bond donors (Lipinski definition) is 2. The van der Waals surface area contributed by atoms with E-state index in [0.29, 0.717) is 12.6 Å². The van der Waals surface area contributed by atoms with Gasteiger partial charge in [-0.25, -0.2) is 0 Å². The fourth-order valence-electron chi connectivity index (χ4n) is 2.29. The summed E-state index contributed by atoms with van der Waals surface area (Å²) in [4.78, 5) is 2.20. The van der Waals surface area contributed by atoms with Gasteiger partial charge in [0.25, 0.3) is 0 Å². The van der Waals surface area contributed by atoms with E-state index in [9.17, 15) is 5.11 Å². The molecule has 0 aliphatic rings. The Hall–Kier alpha value is -0.840. The molecule has 1 aromatic rings. The molecule has 1 rings (SSSR count). The van der Waals surface area contributed by atoms with Crippen molar-refractivity contribution < 1.29 is 9.52 Å². The van der Waals surface area contributed by atoms with E-state index < -0.39 is 0 Å². The fourth-order valence-corrected chi connectivity index (χ4v) is 2.29. The molecule has 0 amide bonds. The molecule has 0 radical (unpaired) electrons. The first-order valence-corrected chi connectivity index (χ1v) is 6.69. The smallest absolute Gasteiger partial charge is 0.122 e. The summed E-state index contributed by atoms with van der Waals surface area (Å²) in [6.45, 7) is 8.97. The Kier molecular flexibility index (Phi) is 5.85. The number of nitrogens with zero attached hydrogens (tertiary/aromatic N) is 1. The lowest BCUT2D eigenvalue weighted by Crippen LogP contribution is -2.45. The van der Waals surface area contributed by atoms with Crippen molar-refractivity contribution in [1.29, 1.82) is 0 Å². The molecule has 0 bridgehead atoms. The lowest BCUT2D eigenvalue weighted by atomic mass is 10.0. The van der Waals surface area contributed by atoms with Gasteiger partial charge in [0, 0.05) is 18.6 Å². The van der Waals surface area contributed by atoms with Crippen molar-refractivity contribution in [3.63, 3.8) is 0 Å². The Bertz CT molecular complexity index is 349. The number of aryl methyl sites for hydroxylation is 1. The first-order valence-electron chi connectivity index (χ1n) is 6.69. The maximum Gasteiger partial charge on any atom is 0.122 e. The van der Waals surface area contributed by atoms with E-state index in [2.05, 4.69) is 25.7 Å². The highest BCUT2D eigenvalue weighted by Gasteiger charge is 2.29. The van der Waals surface area contributed by atoms with Crippen LogP contribution in [0.2, 0.25) is 0 Å². The molecule has 0 aliphatic carbocycles. The quantitative estimate of drug-likeness (QED) is 0.782. The molecule has 0 spiro atoms. The average Bonchev–Trinajstić information content (AvgIpc) is 2.74. The monoisotopic (exact) mass is 254 g/mol. The lowest BCUT2D eigenvalue weighted by Gasteiger charge is -2.36. The number of nitrogens with two attached hydrogens (primary N) is 1. The summed E-state index contributed by atoms with van der Waals surface area (Å²) in [5.41, 5.74) is 6.24. The molecule has 104 valence electrons. The van der Waals surface area contributed by atoms with Crippen LogP contribution in [0.15, 0.2) is 16.5 Å². The first kappa shape index (κ1) is 15.2. The van der Waals surface area contributed by atoms with Crippen molar-refractivity contribution in [2.75, 3.05) is 13.2 Å². The van der Waals surface area contributed by atoms with Crippen LogP contribution in [0.1, 0.15) is 44.8 Å². The minimum Gasteiger partial charge on any atom is -0.465 e. The molecule has 4 heteroatoms. The third-order valence-corrected chi connectivity index (χ3v) is 3.31. The van der Waals surface area contributed by atoms with Crippen molar-refractivity contribution in [3.05, 3.63) is 23.7 Å². The number of aliphatic hydroxyl groups is 1. The molecule has 1 aromatic heterocycles. The normalized spacial score (nSPS) is 15.3. The molecule has 3 N–H and O–H groups in total. The first-order chi connectivity index (χ1) is 8.51. The minimum absolute atomic E-state index is 0.00417. The van der Waals surface area contributed by atoms with Crippen LogP contribution < -0.4 is 5.73 Å². The summed E-state index contributed by atoms with van der Waals surface area (Å²) in [7, 11) is 0. The van der Waals surface area contributed by atoms with Gasteiger partial charge in [-0.1, -0.05) is 6.92 Å². The topological polar surface area (TPSA) is 62.6 Å². The van der Waals surface area contributed by atoms with Gasteiger partial charge in [0.15, 0.2) is 0 Å². The molecule has 2 unspecified atom stereocenters. The van der Waals surface area contributed by atoms with Gasteiger partial charge in [-0.2, -0.15) is 0 Å². The molecule has 1 heterocycles. The summed E-state index contributed by atoms with van der Waals surface area (Å²) in [5, 5.41) is 9.23. The predicted molar refractivity (Wildman–Crippen MR) is 73.4 cm³/mol. The highest BCUT2D eigenvalue weighted by atomic mass is 16.3. The van der Waals surface area contributed by atoms with Gasteiger partial charge in [0.05, 0.1) is 12.6 Å². The van der Waals surface area contributed by atoms with Gasteiger partial charge in [0.2, 0.25) is 0 Å². The molecule has 2 atom stereocenters. The van der Waals surface area contributed by atoms with Gasteiger partial charge in [-0.05, 0) is 39.3 Å². The average molecular weight is 254 g/mol. The Morgan fingerprint density at radius 2 is 2.06 bits per heavy atom. The number of furan rings is 1. The summed E-state index contributed by atoms with van der Waals surface area (Å²) in [6, 6.07) is 4.29. The molecular formula is C14H26N2O2. The van der Waals surface area contributed by atoms with Crippen molar-refractivity contribution in [1.82, 2.24) is 4.90 Å². The summed E-state index contributed by atoms with van der Waals surface area (Å²) >= 11 is 0. The Labute approximate surface area is 110 Å². The standard InChI is InChI=1S/C14H26N2O2/c1-5-12(15)14(13-7-6-11(4)18-13)16(8-9-17)10(2)3/h6-7,10,12,14,17H,5,8-9,15H2,1-4H3. The van der Waals surface area contributed by atoms with Crippen LogP contribution in [-0.2, 0) is 0 Å². The fraction of sp³-hybridized carbons (Fsp3) is 0.714.